The summed E-state index contributed by atoms with van der Waals surface area (Å²) in [7, 11) is 3.48. The van der Waals surface area contributed by atoms with E-state index in [1.54, 1.807) is 35.9 Å². The quantitative estimate of drug-likeness (QED) is 0.753. The molecule has 1 heterocycles. The summed E-state index contributed by atoms with van der Waals surface area (Å²) < 4.78 is 1.55. The van der Waals surface area contributed by atoms with Gasteiger partial charge in [-0.1, -0.05) is 30.3 Å². The number of nitrogens with one attached hydrogen (secondary N) is 1. The number of aliphatic hydroxyl groups excluding tert-OH is 1. The van der Waals surface area contributed by atoms with Gasteiger partial charge in [0.15, 0.2) is 0 Å². The van der Waals surface area contributed by atoms with Crippen LogP contribution in [0.4, 0.5) is 0 Å². The first kappa shape index (κ1) is 21.0. The van der Waals surface area contributed by atoms with Crippen LogP contribution in [0, 0.1) is 0 Å². The van der Waals surface area contributed by atoms with Crippen LogP contribution in [-0.2, 0) is 17.3 Å². The van der Waals surface area contributed by atoms with Crippen molar-refractivity contribution in [3.05, 3.63) is 53.9 Å². The fourth-order valence-electron chi connectivity index (χ4n) is 4.38. The van der Waals surface area contributed by atoms with Gasteiger partial charge in [0.05, 0.1) is 12.1 Å². The first-order chi connectivity index (χ1) is 13.8. The van der Waals surface area contributed by atoms with Crippen molar-refractivity contribution >= 4 is 11.8 Å². The zero-order valence-electron chi connectivity index (χ0n) is 17.3. The molecular formula is C22H30N4O3. The van der Waals surface area contributed by atoms with E-state index >= 15 is 0 Å². The lowest BCUT2D eigenvalue weighted by atomic mass is 9.74. The fraction of sp³-hybridized carbons (Fsp3) is 0.500. The average Bonchev–Trinajstić information content (AvgIpc) is 3.07. The number of likely N-dealkylation sites (N-methyl/N-ethyl adjacent to an activating group) is 1. The van der Waals surface area contributed by atoms with Crippen LogP contribution in [0.5, 0.6) is 0 Å². The largest absolute Gasteiger partial charge is 0.391 e. The maximum Gasteiger partial charge on any atom is 0.272 e. The number of hydrogen-bond acceptors (Lipinski definition) is 4. The van der Waals surface area contributed by atoms with Crippen LogP contribution >= 0.6 is 0 Å². The molecule has 0 aliphatic heterocycles. The first-order valence-electron chi connectivity index (χ1n) is 10.1. The van der Waals surface area contributed by atoms with E-state index in [9.17, 15) is 14.7 Å². The summed E-state index contributed by atoms with van der Waals surface area (Å²) in [5.74, 6) is -0.215. The molecule has 3 atom stereocenters. The van der Waals surface area contributed by atoms with Gasteiger partial charge in [-0.25, -0.2) is 0 Å². The van der Waals surface area contributed by atoms with E-state index in [1.807, 2.05) is 18.2 Å². The fourth-order valence-corrected chi connectivity index (χ4v) is 4.38. The Balaban J connectivity index is 1.84. The molecule has 2 aromatic rings. The van der Waals surface area contributed by atoms with Crippen molar-refractivity contribution in [2.45, 2.75) is 50.2 Å². The second-order valence-corrected chi connectivity index (χ2v) is 8.02. The van der Waals surface area contributed by atoms with E-state index in [0.717, 1.165) is 18.4 Å². The van der Waals surface area contributed by atoms with Crippen molar-refractivity contribution < 1.29 is 14.7 Å². The van der Waals surface area contributed by atoms with Gasteiger partial charge in [-0.15, -0.1) is 0 Å². The molecule has 1 aliphatic rings. The number of carbonyl (C=O) groups is 2. The van der Waals surface area contributed by atoms with E-state index < -0.39 is 6.10 Å². The first-order valence-corrected chi connectivity index (χ1v) is 10.1. The van der Waals surface area contributed by atoms with Crippen LogP contribution < -0.4 is 5.32 Å². The topological polar surface area (TPSA) is 87.5 Å². The maximum atomic E-state index is 12.9. The molecular weight excluding hydrogens is 368 g/mol. The van der Waals surface area contributed by atoms with Gasteiger partial charge in [0.1, 0.15) is 5.69 Å². The van der Waals surface area contributed by atoms with Crippen molar-refractivity contribution in [2.24, 2.45) is 7.05 Å². The summed E-state index contributed by atoms with van der Waals surface area (Å²) >= 11 is 0. The molecule has 2 N–H and O–H groups in total. The summed E-state index contributed by atoms with van der Waals surface area (Å²) in [5.41, 5.74) is 1.39. The molecule has 156 valence electrons. The van der Waals surface area contributed by atoms with Crippen molar-refractivity contribution in [1.29, 1.82) is 0 Å². The lowest BCUT2D eigenvalue weighted by Gasteiger charge is -2.34. The minimum absolute atomic E-state index is 0.0647. The van der Waals surface area contributed by atoms with E-state index in [1.165, 1.54) is 6.92 Å². The Morgan fingerprint density at radius 1 is 1.24 bits per heavy atom. The molecule has 1 aliphatic carbocycles. The monoisotopic (exact) mass is 398 g/mol. The molecule has 0 saturated heterocycles. The Bertz CT molecular complexity index is 851. The lowest BCUT2D eigenvalue weighted by molar-refractivity contribution is -0.119. The number of aliphatic hydroxyl groups is 1. The Hall–Kier alpha value is -2.67. The smallest absolute Gasteiger partial charge is 0.272 e. The number of aromatic nitrogens is 2. The van der Waals surface area contributed by atoms with Gasteiger partial charge in [0, 0.05) is 39.2 Å². The number of carbonyl (C=O) groups excluding carboxylic acids is 2. The normalized spacial score (nSPS) is 24.6. The number of nitrogens with zero attached hydrogens (tertiary/aromatic N) is 3. The highest BCUT2D eigenvalue weighted by molar-refractivity contribution is 5.92. The van der Waals surface area contributed by atoms with E-state index in [4.69, 9.17) is 0 Å². The Morgan fingerprint density at radius 3 is 2.55 bits per heavy atom. The summed E-state index contributed by atoms with van der Waals surface area (Å²) in [5, 5.41) is 17.9. The maximum absolute atomic E-state index is 12.9. The molecule has 1 aromatic heterocycles. The predicted molar refractivity (Wildman–Crippen MR) is 110 cm³/mol. The summed E-state index contributed by atoms with van der Waals surface area (Å²) in [4.78, 5) is 26.2. The molecule has 0 spiro atoms. The van der Waals surface area contributed by atoms with Crippen molar-refractivity contribution in [2.75, 3.05) is 13.6 Å². The van der Waals surface area contributed by atoms with Crippen LogP contribution in [0.25, 0.3) is 0 Å². The highest BCUT2D eigenvalue weighted by Crippen LogP contribution is 2.39. The third kappa shape index (κ3) is 4.50. The molecule has 0 unspecified atom stereocenters. The third-order valence-electron chi connectivity index (χ3n) is 6.20. The standard InChI is InChI=1S/C22H30N4O3/c1-16(27)23-15-22(17-7-5-4-6-8-17)12-9-18(20(28)10-13-22)25(2)21(29)19-11-14-24-26(19)3/h4-8,11,14,18,20,28H,9-10,12-13,15H2,1-3H3,(H,23,27)/t18-,20-,22-/m1/s1. The molecule has 1 aromatic carbocycles. The predicted octanol–water partition coefficient (Wildman–Crippen LogP) is 1.87. The van der Waals surface area contributed by atoms with Gasteiger partial charge in [0.2, 0.25) is 5.91 Å². The third-order valence-corrected chi connectivity index (χ3v) is 6.20. The number of amides is 2. The molecule has 1 fully saturated rings. The van der Waals surface area contributed by atoms with Gasteiger partial charge in [-0.05, 0) is 37.3 Å². The molecule has 1 saturated carbocycles. The highest BCUT2D eigenvalue weighted by Gasteiger charge is 2.40. The Kier molecular flexibility index (Phi) is 6.37. The van der Waals surface area contributed by atoms with Crippen molar-refractivity contribution in [3.63, 3.8) is 0 Å². The summed E-state index contributed by atoms with van der Waals surface area (Å²) in [6.07, 6.45) is 3.68. The van der Waals surface area contributed by atoms with Gasteiger partial charge in [-0.3, -0.25) is 14.3 Å². The van der Waals surface area contributed by atoms with E-state index in [-0.39, 0.29) is 23.3 Å². The molecule has 7 heteroatoms. The van der Waals surface area contributed by atoms with Crippen LogP contribution in [0.2, 0.25) is 0 Å². The van der Waals surface area contributed by atoms with Crippen molar-refractivity contribution in [3.8, 4) is 0 Å². The SMILES string of the molecule is CC(=O)NC[C@]1(c2ccccc2)CC[C@@H](O)[C@H](N(C)C(=O)c2ccnn2C)CC1. The van der Waals surface area contributed by atoms with Gasteiger partial charge in [-0.2, -0.15) is 5.10 Å². The van der Waals surface area contributed by atoms with Crippen molar-refractivity contribution in [1.82, 2.24) is 20.0 Å². The van der Waals surface area contributed by atoms with Crippen LogP contribution in [0.3, 0.4) is 0 Å². The summed E-state index contributed by atoms with van der Waals surface area (Å²) in [6, 6.07) is 11.5. The Labute approximate surface area is 171 Å². The molecule has 2 amide bonds. The van der Waals surface area contributed by atoms with Crippen LogP contribution in [-0.4, -0.2) is 57.3 Å². The molecule has 0 radical (unpaired) electrons. The second kappa shape index (κ2) is 8.78. The number of benzene rings is 1. The zero-order chi connectivity index (χ0) is 21.0. The molecule has 7 nitrogen and oxygen atoms in total. The van der Waals surface area contributed by atoms with E-state index in [0.29, 0.717) is 25.1 Å². The van der Waals surface area contributed by atoms with Gasteiger partial charge < -0.3 is 15.3 Å². The van der Waals surface area contributed by atoms with Gasteiger partial charge in [0.25, 0.3) is 5.91 Å². The van der Waals surface area contributed by atoms with Crippen LogP contribution in [0.15, 0.2) is 42.6 Å². The minimum Gasteiger partial charge on any atom is -0.391 e. The second-order valence-electron chi connectivity index (χ2n) is 8.02. The average molecular weight is 399 g/mol. The number of rotatable bonds is 5. The Morgan fingerprint density at radius 2 is 1.93 bits per heavy atom. The minimum atomic E-state index is -0.625. The highest BCUT2D eigenvalue weighted by atomic mass is 16.3. The lowest BCUT2D eigenvalue weighted by Crippen LogP contribution is -2.44. The van der Waals surface area contributed by atoms with E-state index in [2.05, 4.69) is 22.5 Å². The van der Waals surface area contributed by atoms with Crippen LogP contribution in [0.1, 0.15) is 48.7 Å². The van der Waals surface area contributed by atoms with Gasteiger partial charge >= 0.3 is 0 Å². The molecule has 0 bridgehead atoms. The number of aryl methyl sites for hydroxylation is 1. The summed E-state index contributed by atoms with van der Waals surface area (Å²) in [6.45, 7) is 2.04. The molecule has 29 heavy (non-hydrogen) atoms. The number of hydrogen-bond donors (Lipinski definition) is 2. The molecule has 3 rings (SSSR count). The zero-order valence-corrected chi connectivity index (χ0v) is 17.3.